The first-order chi connectivity index (χ1) is 10.2. The Balaban J connectivity index is 1.83. The smallest absolute Gasteiger partial charge is 0.326 e. The van der Waals surface area contributed by atoms with E-state index in [-0.39, 0.29) is 11.6 Å². The van der Waals surface area contributed by atoms with Crippen molar-refractivity contribution in [1.82, 2.24) is 10.1 Å². The average Bonchev–Trinajstić information content (AvgIpc) is 3.17. The molecular weight excluding hydrogens is 292 g/mol. The molecule has 1 fully saturated rings. The lowest BCUT2D eigenvalue weighted by atomic mass is 10.0. The van der Waals surface area contributed by atoms with Crippen LogP contribution >= 0.6 is 11.3 Å². The molecule has 2 aromatic rings. The second-order valence-electron chi connectivity index (χ2n) is 4.90. The van der Waals surface area contributed by atoms with Gasteiger partial charge in [-0.3, -0.25) is 4.79 Å². The molecule has 0 bridgehead atoms. The van der Waals surface area contributed by atoms with E-state index in [1.165, 1.54) is 16.2 Å². The number of hydrogen-bond acceptors (Lipinski definition) is 5. The zero-order valence-electron chi connectivity index (χ0n) is 11.2. The van der Waals surface area contributed by atoms with Crippen LogP contribution in [0.4, 0.5) is 0 Å². The molecule has 1 aliphatic heterocycles. The van der Waals surface area contributed by atoms with Crippen LogP contribution in [0.25, 0.3) is 10.6 Å². The summed E-state index contributed by atoms with van der Waals surface area (Å²) in [7, 11) is 0. The van der Waals surface area contributed by atoms with Gasteiger partial charge in [0.1, 0.15) is 6.04 Å². The third-order valence-electron chi connectivity index (χ3n) is 3.54. The molecule has 0 unspecified atom stereocenters. The number of thiophene rings is 1. The van der Waals surface area contributed by atoms with Gasteiger partial charge in [0.25, 0.3) is 5.91 Å². The Morgan fingerprint density at radius 3 is 3.00 bits per heavy atom. The third-order valence-corrected chi connectivity index (χ3v) is 4.43. The molecule has 0 spiro atoms. The van der Waals surface area contributed by atoms with Crippen molar-refractivity contribution in [3.05, 3.63) is 29.3 Å². The highest BCUT2D eigenvalue weighted by Gasteiger charge is 2.33. The van der Waals surface area contributed by atoms with Crippen molar-refractivity contribution in [2.24, 2.45) is 0 Å². The Kier molecular flexibility index (Phi) is 3.74. The third kappa shape index (κ3) is 2.69. The highest BCUT2D eigenvalue weighted by Crippen LogP contribution is 2.26. The van der Waals surface area contributed by atoms with E-state index in [1.54, 1.807) is 6.07 Å². The molecule has 0 saturated carbocycles. The number of carbonyl (C=O) groups excluding carboxylic acids is 1. The minimum Gasteiger partial charge on any atom is -0.480 e. The van der Waals surface area contributed by atoms with Crippen molar-refractivity contribution in [2.45, 2.75) is 25.3 Å². The van der Waals surface area contributed by atoms with E-state index in [2.05, 4.69) is 5.16 Å². The minimum absolute atomic E-state index is 0.159. The molecule has 3 rings (SSSR count). The van der Waals surface area contributed by atoms with Crippen LogP contribution in [-0.2, 0) is 4.79 Å². The molecule has 2 aromatic heterocycles. The summed E-state index contributed by atoms with van der Waals surface area (Å²) in [5, 5.41) is 14.9. The molecule has 0 aromatic carbocycles. The Labute approximate surface area is 125 Å². The standard InChI is InChI=1S/C14H14N2O4S/c17-13(16-6-2-1-4-10(16)14(18)19)9-8-11(20-15-9)12-5-3-7-21-12/h3,5,7-8,10H,1-2,4,6H2,(H,18,19)/t10-/m1/s1. The lowest BCUT2D eigenvalue weighted by Gasteiger charge is -2.32. The second-order valence-corrected chi connectivity index (χ2v) is 5.85. The highest BCUT2D eigenvalue weighted by atomic mass is 32.1. The number of amides is 1. The minimum atomic E-state index is -0.968. The van der Waals surface area contributed by atoms with Crippen molar-refractivity contribution in [1.29, 1.82) is 0 Å². The van der Waals surface area contributed by atoms with Crippen LogP contribution in [0.5, 0.6) is 0 Å². The fourth-order valence-electron chi connectivity index (χ4n) is 2.49. The number of hydrogen-bond donors (Lipinski definition) is 1. The van der Waals surface area contributed by atoms with Crippen LogP contribution in [-0.4, -0.2) is 39.6 Å². The summed E-state index contributed by atoms with van der Waals surface area (Å²) >= 11 is 1.49. The van der Waals surface area contributed by atoms with Crippen LogP contribution in [0.2, 0.25) is 0 Å². The average molecular weight is 306 g/mol. The van der Waals surface area contributed by atoms with Gasteiger partial charge in [0.05, 0.1) is 4.88 Å². The maximum atomic E-state index is 12.4. The Hall–Kier alpha value is -2.15. The van der Waals surface area contributed by atoms with Gasteiger partial charge in [-0.1, -0.05) is 11.2 Å². The lowest BCUT2D eigenvalue weighted by Crippen LogP contribution is -2.48. The van der Waals surface area contributed by atoms with Crippen molar-refractivity contribution < 1.29 is 19.2 Å². The van der Waals surface area contributed by atoms with Gasteiger partial charge in [-0.2, -0.15) is 0 Å². The molecular formula is C14H14N2O4S. The number of likely N-dealkylation sites (tertiary alicyclic amines) is 1. The predicted octanol–water partition coefficient (Wildman–Crippen LogP) is 2.48. The fraction of sp³-hybridized carbons (Fsp3) is 0.357. The fourth-order valence-corrected chi connectivity index (χ4v) is 3.16. The largest absolute Gasteiger partial charge is 0.480 e. The van der Waals surface area contributed by atoms with Gasteiger partial charge in [0.2, 0.25) is 0 Å². The van der Waals surface area contributed by atoms with E-state index >= 15 is 0 Å². The number of aliphatic carboxylic acids is 1. The molecule has 110 valence electrons. The number of aromatic nitrogens is 1. The van der Waals surface area contributed by atoms with Crippen molar-refractivity contribution in [3.8, 4) is 10.6 Å². The van der Waals surface area contributed by atoms with Gasteiger partial charge in [0, 0.05) is 12.6 Å². The lowest BCUT2D eigenvalue weighted by molar-refractivity contribution is -0.143. The molecule has 0 radical (unpaired) electrons. The summed E-state index contributed by atoms with van der Waals surface area (Å²) in [6, 6.07) is 4.56. The maximum absolute atomic E-state index is 12.4. The normalized spacial score (nSPS) is 18.7. The Morgan fingerprint density at radius 1 is 1.43 bits per heavy atom. The van der Waals surface area contributed by atoms with E-state index in [4.69, 9.17) is 4.52 Å². The van der Waals surface area contributed by atoms with Crippen molar-refractivity contribution >= 4 is 23.2 Å². The van der Waals surface area contributed by atoms with Crippen LogP contribution in [0.15, 0.2) is 28.1 Å². The van der Waals surface area contributed by atoms with Gasteiger partial charge >= 0.3 is 5.97 Å². The van der Waals surface area contributed by atoms with E-state index in [1.807, 2.05) is 17.5 Å². The first kappa shape index (κ1) is 13.8. The monoisotopic (exact) mass is 306 g/mol. The van der Waals surface area contributed by atoms with E-state index in [0.717, 1.165) is 17.7 Å². The van der Waals surface area contributed by atoms with Gasteiger partial charge in [-0.25, -0.2) is 4.79 Å². The van der Waals surface area contributed by atoms with Gasteiger partial charge in [-0.05, 0) is 30.7 Å². The first-order valence-electron chi connectivity index (χ1n) is 6.71. The van der Waals surface area contributed by atoms with E-state index < -0.39 is 12.0 Å². The molecule has 1 saturated heterocycles. The summed E-state index contributed by atoms with van der Waals surface area (Å²) in [6.07, 6.45) is 2.11. The van der Waals surface area contributed by atoms with Crippen LogP contribution in [0, 0.1) is 0 Å². The predicted molar refractivity (Wildman–Crippen MR) is 76.1 cm³/mol. The summed E-state index contributed by atoms with van der Waals surface area (Å²) in [4.78, 5) is 26.0. The van der Waals surface area contributed by atoms with Gasteiger partial charge < -0.3 is 14.5 Å². The Bertz CT molecular complexity index is 650. The molecule has 7 heteroatoms. The number of carboxylic acids is 1. The van der Waals surface area contributed by atoms with Gasteiger partial charge in [0.15, 0.2) is 11.5 Å². The highest BCUT2D eigenvalue weighted by molar-refractivity contribution is 7.13. The summed E-state index contributed by atoms with van der Waals surface area (Å²) in [5.41, 5.74) is 0.159. The van der Waals surface area contributed by atoms with Crippen molar-refractivity contribution in [3.63, 3.8) is 0 Å². The maximum Gasteiger partial charge on any atom is 0.326 e. The Morgan fingerprint density at radius 2 is 2.29 bits per heavy atom. The number of carboxylic acid groups (broad SMARTS) is 1. The topological polar surface area (TPSA) is 83.6 Å². The molecule has 1 N–H and O–H groups in total. The summed E-state index contributed by atoms with van der Waals surface area (Å²) in [6.45, 7) is 0.441. The SMILES string of the molecule is O=C(O)[C@H]1CCCCN1C(=O)c1cc(-c2cccs2)on1. The molecule has 21 heavy (non-hydrogen) atoms. The summed E-state index contributed by atoms with van der Waals surface area (Å²) < 4.78 is 5.18. The molecule has 1 atom stereocenters. The van der Waals surface area contributed by atoms with Crippen LogP contribution in [0.1, 0.15) is 29.8 Å². The molecule has 1 amide bonds. The quantitative estimate of drug-likeness (QED) is 0.941. The first-order valence-corrected chi connectivity index (χ1v) is 7.59. The van der Waals surface area contributed by atoms with Crippen LogP contribution < -0.4 is 0 Å². The zero-order valence-corrected chi connectivity index (χ0v) is 12.0. The number of carbonyl (C=O) groups is 2. The molecule has 0 aliphatic carbocycles. The number of piperidine rings is 1. The van der Waals surface area contributed by atoms with Gasteiger partial charge in [-0.15, -0.1) is 11.3 Å². The zero-order chi connectivity index (χ0) is 14.8. The molecule has 1 aliphatic rings. The number of rotatable bonds is 3. The molecule has 6 nitrogen and oxygen atoms in total. The second kappa shape index (κ2) is 5.69. The van der Waals surface area contributed by atoms with E-state index in [9.17, 15) is 14.7 Å². The number of nitrogens with zero attached hydrogens (tertiary/aromatic N) is 2. The van der Waals surface area contributed by atoms with Crippen molar-refractivity contribution in [2.75, 3.05) is 6.54 Å². The molecule has 3 heterocycles. The summed E-state index contributed by atoms with van der Waals surface area (Å²) in [5.74, 6) is -0.823. The van der Waals surface area contributed by atoms with E-state index in [0.29, 0.717) is 18.7 Å². The van der Waals surface area contributed by atoms with Crippen LogP contribution in [0.3, 0.4) is 0 Å².